The molecule has 0 aliphatic carbocycles. The van der Waals surface area contributed by atoms with Gasteiger partial charge >= 0.3 is 5.69 Å². The molecule has 1 aromatic rings. The molecule has 1 atom stereocenters. The topological polar surface area (TPSA) is 125 Å². The molecule has 0 amide bonds. The standard InChI is InChI=1S/C8H13N3O5S2/c1-5(16-2)4-10-18(14,15)7-3-6(11(12)13)8(9)17-7/h3,5,10H,4,9H2,1-2H3. The predicted molar refractivity (Wildman–Crippen MR) is 67.0 cm³/mol. The van der Waals surface area contributed by atoms with Gasteiger partial charge in [-0.1, -0.05) is 11.3 Å². The molecule has 10 heteroatoms. The summed E-state index contributed by atoms with van der Waals surface area (Å²) in [5.74, 6) is 0. The summed E-state index contributed by atoms with van der Waals surface area (Å²) in [4.78, 5) is 9.85. The van der Waals surface area contributed by atoms with Gasteiger partial charge in [-0.3, -0.25) is 10.1 Å². The van der Waals surface area contributed by atoms with Gasteiger partial charge in [-0.15, -0.1) is 0 Å². The first-order valence-electron chi connectivity index (χ1n) is 4.84. The maximum absolute atomic E-state index is 11.8. The van der Waals surface area contributed by atoms with Gasteiger partial charge in [0.1, 0.15) is 4.21 Å². The third kappa shape index (κ3) is 3.38. The number of hydrogen-bond acceptors (Lipinski definition) is 7. The molecule has 0 radical (unpaired) electrons. The van der Waals surface area contributed by atoms with E-state index in [2.05, 4.69) is 4.72 Å². The van der Waals surface area contributed by atoms with E-state index in [9.17, 15) is 18.5 Å². The molecule has 0 bridgehead atoms. The number of hydrogen-bond donors (Lipinski definition) is 2. The molecule has 0 saturated heterocycles. The van der Waals surface area contributed by atoms with E-state index in [1.54, 1.807) is 6.92 Å². The van der Waals surface area contributed by atoms with Crippen LogP contribution in [0, 0.1) is 10.1 Å². The van der Waals surface area contributed by atoms with Gasteiger partial charge in [0, 0.05) is 19.7 Å². The molecule has 1 unspecified atom stereocenters. The summed E-state index contributed by atoms with van der Waals surface area (Å²) in [7, 11) is -2.35. The molecule has 18 heavy (non-hydrogen) atoms. The lowest BCUT2D eigenvalue weighted by molar-refractivity contribution is -0.383. The number of sulfonamides is 1. The van der Waals surface area contributed by atoms with Crippen LogP contribution in [0.15, 0.2) is 10.3 Å². The van der Waals surface area contributed by atoms with Crippen molar-refractivity contribution in [2.24, 2.45) is 0 Å². The Morgan fingerprint density at radius 3 is 2.72 bits per heavy atom. The van der Waals surface area contributed by atoms with Crippen LogP contribution in [0.1, 0.15) is 6.92 Å². The lowest BCUT2D eigenvalue weighted by Crippen LogP contribution is -2.31. The molecule has 0 saturated carbocycles. The molecule has 102 valence electrons. The molecule has 1 aromatic heterocycles. The highest BCUT2D eigenvalue weighted by Crippen LogP contribution is 2.34. The smallest absolute Gasteiger partial charge is 0.304 e. The number of nitrogens with zero attached hydrogens (tertiary/aromatic N) is 1. The maximum Gasteiger partial charge on any atom is 0.304 e. The number of methoxy groups -OCH3 is 1. The van der Waals surface area contributed by atoms with Crippen molar-refractivity contribution < 1.29 is 18.1 Å². The largest absolute Gasteiger partial charge is 0.385 e. The number of anilines is 1. The number of nitrogens with one attached hydrogen (secondary N) is 1. The van der Waals surface area contributed by atoms with Crippen molar-refractivity contribution in [3.63, 3.8) is 0 Å². The van der Waals surface area contributed by atoms with E-state index < -0.39 is 20.6 Å². The first-order valence-corrected chi connectivity index (χ1v) is 7.14. The van der Waals surface area contributed by atoms with Crippen molar-refractivity contribution in [3.05, 3.63) is 16.2 Å². The van der Waals surface area contributed by atoms with E-state index in [4.69, 9.17) is 10.5 Å². The number of nitro groups is 1. The highest BCUT2D eigenvalue weighted by Gasteiger charge is 2.24. The van der Waals surface area contributed by atoms with E-state index >= 15 is 0 Å². The monoisotopic (exact) mass is 295 g/mol. The maximum atomic E-state index is 11.8. The van der Waals surface area contributed by atoms with Crippen LogP contribution in [0.5, 0.6) is 0 Å². The quantitative estimate of drug-likeness (QED) is 0.583. The second kappa shape index (κ2) is 5.61. The molecule has 1 rings (SSSR count). The van der Waals surface area contributed by atoms with E-state index in [0.29, 0.717) is 11.3 Å². The minimum atomic E-state index is -3.80. The summed E-state index contributed by atoms with van der Waals surface area (Å²) in [6, 6.07) is 0.944. The fourth-order valence-corrected chi connectivity index (χ4v) is 3.40. The van der Waals surface area contributed by atoms with Gasteiger partial charge in [0.2, 0.25) is 10.0 Å². The van der Waals surface area contributed by atoms with Crippen molar-refractivity contribution in [3.8, 4) is 0 Å². The van der Waals surface area contributed by atoms with Crippen molar-refractivity contribution in [2.45, 2.75) is 17.2 Å². The lowest BCUT2D eigenvalue weighted by Gasteiger charge is -2.09. The summed E-state index contributed by atoms with van der Waals surface area (Å²) in [5.41, 5.74) is 4.98. The number of ether oxygens (including phenoxy) is 1. The van der Waals surface area contributed by atoms with Crippen LogP contribution in [-0.2, 0) is 14.8 Å². The Balaban J connectivity index is 2.92. The molecule has 8 nitrogen and oxygen atoms in total. The highest BCUT2D eigenvalue weighted by molar-refractivity contribution is 7.91. The second-order valence-corrected chi connectivity index (χ2v) is 6.55. The number of rotatable bonds is 6. The summed E-state index contributed by atoms with van der Waals surface area (Å²) in [6.07, 6.45) is -0.299. The van der Waals surface area contributed by atoms with Crippen LogP contribution >= 0.6 is 11.3 Å². The van der Waals surface area contributed by atoms with Crippen LogP contribution in [0.3, 0.4) is 0 Å². The first-order chi connectivity index (χ1) is 8.27. The summed E-state index contributed by atoms with van der Waals surface area (Å²) in [6.45, 7) is 1.76. The van der Waals surface area contributed by atoms with Crippen molar-refractivity contribution in [1.82, 2.24) is 4.72 Å². The molecule has 3 N–H and O–H groups in total. The molecule has 0 aromatic carbocycles. The third-order valence-corrected chi connectivity index (χ3v) is 4.99. The Hall–Kier alpha value is -1.23. The van der Waals surface area contributed by atoms with Crippen molar-refractivity contribution >= 4 is 32.0 Å². The average molecular weight is 295 g/mol. The zero-order valence-corrected chi connectivity index (χ0v) is 11.4. The molecule has 0 aliphatic heterocycles. The molecule has 1 heterocycles. The highest BCUT2D eigenvalue weighted by atomic mass is 32.2. The van der Waals surface area contributed by atoms with Crippen LogP contribution in [0.25, 0.3) is 0 Å². The zero-order chi connectivity index (χ0) is 13.9. The van der Waals surface area contributed by atoms with E-state index in [1.807, 2.05) is 0 Å². The van der Waals surface area contributed by atoms with Crippen LogP contribution in [0.4, 0.5) is 10.7 Å². The van der Waals surface area contributed by atoms with Gasteiger partial charge < -0.3 is 10.5 Å². The molecule has 0 fully saturated rings. The number of nitrogen functional groups attached to an aromatic ring is 1. The third-order valence-electron chi connectivity index (χ3n) is 2.14. The SMILES string of the molecule is COC(C)CNS(=O)(=O)c1cc([N+](=O)[O-])c(N)s1. The summed E-state index contributed by atoms with van der Waals surface area (Å²) < 4.78 is 30.6. The Morgan fingerprint density at radius 2 is 2.28 bits per heavy atom. The van der Waals surface area contributed by atoms with Crippen LogP contribution < -0.4 is 10.5 Å². The minimum Gasteiger partial charge on any atom is -0.385 e. The van der Waals surface area contributed by atoms with E-state index in [0.717, 1.165) is 6.07 Å². The van der Waals surface area contributed by atoms with Gasteiger partial charge in [0.25, 0.3) is 0 Å². The summed E-state index contributed by atoms with van der Waals surface area (Å²) in [5, 5.41) is 10.4. The van der Waals surface area contributed by atoms with E-state index in [1.165, 1.54) is 7.11 Å². The first kappa shape index (κ1) is 14.8. The van der Waals surface area contributed by atoms with Crippen LogP contribution in [0.2, 0.25) is 0 Å². The molecular formula is C8H13N3O5S2. The Kier molecular flexibility index (Phi) is 4.62. The normalized spacial score (nSPS) is 13.4. The van der Waals surface area contributed by atoms with Gasteiger partial charge in [0.15, 0.2) is 5.00 Å². The van der Waals surface area contributed by atoms with Gasteiger partial charge in [-0.05, 0) is 6.92 Å². The average Bonchev–Trinajstić information content (AvgIpc) is 2.69. The van der Waals surface area contributed by atoms with Gasteiger partial charge in [-0.25, -0.2) is 13.1 Å². The molecular weight excluding hydrogens is 282 g/mol. The molecule has 0 aliphatic rings. The van der Waals surface area contributed by atoms with Crippen molar-refractivity contribution in [2.75, 3.05) is 19.4 Å². The Bertz CT molecular complexity index is 539. The lowest BCUT2D eigenvalue weighted by atomic mass is 10.4. The fourth-order valence-electron chi connectivity index (χ4n) is 1.03. The fraction of sp³-hybridized carbons (Fsp3) is 0.500. The molecule has 0 spiro atoms. The Morgan fingerprint density at radius 1 is 1.67 bits per heavy atom. The van der Waals surface area contributed by atoms with Gasteiger partial charge in [0.05, 0.1) is 11.0 Å². The Labute approximate surface area is 108 Å². The number of thiophene rings is 1. The predicted octanol–water partition coefficient (Wildman–Crippen LogP) is 0.552. The second-order valence-electron chi connectivity index (χ2n) is 3.47. The number of nitrogens with two attached hydrogens (primary N) is 1. The zero-order valence-electron chi connectivity index (χ0n) is 9.74. The van der Waals surface area contributed by atoms with Crippen molar-refractivity contribution in [1.29, 1.82) is 0 Å². The minimum absolute atomic E-state index is 0.0738. The van der Waals surface area contributed by atoms with E-state index in [-0.39, 0.29) is 21.9 Å². The van der Waals surface area contributed by atoms with Crippen LogP contribution in [-0.4, -0.2) is 33.1 Å². The van der Waals surface area contributed by atoms with Gasteiger partial charge in [-0.2, -0.15) is 0 Å². The summed E-state index contributed by atoms with van der Waals surface area (Å²) >= 11 is 0.654.